The molecule has 5 rings (SSSR count). The van der Waals surface area contributed by atoms with Crippen LogP contribution < -0.4 is 5.32 Å². The molecule has 12 heteroatoms. The third-order valence-corrected chi connectivity index (χ3v) is 7.10. The van der Waals surface area contributed by atoms with E-state index in [0.717, 1.165) is 28.7 Å². The van der Waals surface area contributed by atoms with E-state index in [1.54, 1.807) is 24.3 Å². The van der Waals surface area contributed by atoms with Crippen LogP contribution in [0.5, 0.6) is 0 Å². The maximum Gasteiger partial charge on any atom is 0.406 e. The number of likely N-dealkylation sites (tertiary alicyclic amines) is 1. The number of piperidine rings is 1. The van der Waals surface area contributed by atoms with Crippen molar-refractivity contribution in [3.05, 3.63) is 29.3 Å². The zero-order chi connectivity index (χ0) is 24.7. The minimum atomic E-state index is -4.47. The largest absolute Gasteiger partial charge is 0.406 e. The van der Waals surface area contributed by atoms with Crippen molar-refractivity contribution in [3.8, 4) is 10.7 Å². The molecule has 186 valence electrons. The predicted octanol–water partition coefficient (Wildman–Crippen LogP) is 4.49. The van der Waals surface area contributed by atoms with Crippen molar-refractivity contribution >= 4 is 39.5 Å². The van der Waals surface area contributed by atoms with Crippen LogP contribution in [0.2, 0.25) is 0 Å². The molecule has 0 spiro atoms. The van der Waals surface area contributed by atoms with Gasteiger partial charge in [-0.1, -0.05) is 17.4 Å². The zero-order valence-corrected chi connectivity index (χ0v) is 19.8. The maximum atomic E-state index is 14.6. The second kappa shape index (κ2) is 9.30. The lowest BCUT2D eigenvalue weighted by Gasteiger charge is -2.26. The molecule has 1 aromatic carbocycles. The fraction of sp³-hybridized carbons (Fsp3) is 0.478. The van der Waals surface area contributed by atoms with E-state index >= 15 is 0 Å². The zero-order valence-electron chi connectivity index (χ0n) is 19.0. The van der Waals surface area contributed by atoms with Gasteiger partial charge < -0.3 is 14.8 Å². The van der Waals surface area contributed by atoms with Crippen molar-refractivity contribution in [1.82, 2.24) is 25.0 Å². The molecular weight excluding hydrogens is 484 g/mol. The van der Waals surface area contributed by atoms with Crippen LogP contribution in [0.25, 0.3) is 21.6 Å². The van der Waals surface area contributed by atoms with Crippen LogP contribution in [0, 0.1) is 5.92 Å². The highest BCUT2D eigenvalue weighted by atomic mass is 32.1. The van der Waals surface area contributed by atoms with Crippen molar-refractivity contribution in [2.75, 3.05) is 20.1 Å². The molecular formula is C23H24F4N6OS. The Balaban J connectivity index is 1.51. The van der Waals surface area contributed by atoms with Gasteiger partial charge in [0, 0.05) is 30.8 Å². The quantitative estimate of drug-likeness (QED) is 0.498. The molecule has 1 N–H and O–H groups in total. The summed E-state index contributed by atoms with van der Waals surface area (Å²) in [6.07, 6.45) is -3.49. The number of carbonyl (C=O) groups excluding carboxylic acids is 1. The minimum absolute atomic E-state index is 0.0447. The Morgan fingerprint density at radius 3 is 2.80 bits per heavy atom. The number of nitrogens with zero attached hydrogens (tertiary/aromatic N) is 5. The molecule has 3 heterocycles. The fourth-order valence-electron chi connectivity index (χ4n) is 4.19. The lowest BCUT2D eigenvalue weighted by molar-refractivity contribution is -0.139. The molecule has 2 aliphatic rings. The Bertz CT molecular complexity index is 1280. The van der Waals surface area contributed by atoms with E-state index in [2.05, 4.69) is 20.5 Å². The first-order valence-electron chi connectivity index (χ1n) is 11.4. The summed E-state index contributed by atoms with van der Waals surface area (Å²) in [6, 6.07) is 6.50. The number of aromatic nitrogens is 3. The van der Waals surface area contributed by atoms with E-state index in [0.29, 0.717) is 45.3 Å². The Morgan fingerprint density at radius 1 is 1.29 bits per heavy atom. The van der Waals surface area contributed by atoms with Gasteiger partial charge in [0.25, 0.3) is 0 Å². The molecule has 1 atom stereocenters. The standard InChI is InChI=1S/C23H24F4N6OS/c1-32-8-7-17(15(24)11-32)29-16-3-2-4-18-14(16)9-19(33(18)12-23(25,26)27)22-31-30-20(35-22)10-28-21(34)13-5-6-13/h2-4,9,13,15H,5-8,10-12H2,1H3,(H,28,34)/t15-/m0/s1. The summed E-state index contributed by atoms with van der Waals surface area (Å²) < 4.78 is 56.3. The highest BCUT2D eigenvalue weighted by molar-refractivity contribution is 7.14. The van der Waals surface area contributed by atoms with Crippen LogP contribution in [0.4, 0.5) is 23.2 Å². The second-order valence-corrected chi connectivity index (χ2v) is 10.1. The lowest BCUT2D eigenvalue weighted by atomic mass is 10.1. The number of nitrogens with one attached hydrogen (secondary N) is 1. The third kappa shape index (κ3) is 5.37. The summed E-state index contributed by atoms with van der Waals surface area (Å²) >= 11 is 1.13. The molecule has 1 saturated heterocycles. The van der Waals surface area contributed by atoms with E-state index in [9.17, 15) is 22.4 Å². The first-order valence-corrected chi connectivity index (χ1v) is 12.2. The molecule has 2 fully saturated rings. The number of fused-ring (bicyclic) bond motifs is 1. The SMILES string of the molecule is CN1CCC(=Nc2cccc3c2cc(-c2nnc(CNC(=O)C4CC4)s2)n3CC(F)(F)F)[C@@H](F)C1. The summed E-state index contributed by atoms with van der Waals surface area (Å²) in [5.41, 5.74) is 1.40. The predicted molar refractivity (Wildman–Crippen MR) is 126 cm³/mol. The van der Waals surface area contributed by atoms with Crippen LogP contribution in [-0.2, 0) is 17.9 Å². The van der Waals surface area contributed by atoms with E-state index in [-0.39, 0.29) is 30.6 Å². The van der Waals surface area contributed by atoms with Gasteiger partial charge in [0.1, 0.15) is 11.6 Å². The van der Waals surface area contributed by atoms with Gasteiger partial charge in [0.2, 0.25) is 5.91 Å². The van der Waals surface area contributed by atoms with Crippen LogP contribution in [-0.4, -0.2) is 63.8 Å². The smallest absolute Gasteiger partial charge is 0.349 e. The van der Waals surface area contributed by atoms with Crippen molar-refractivity contribution in [2.45, 2.75) is 44.7 Å². The van der Waals surface area contributed by atoms with Crippen molar-refractivity contribution in [2.24, 2.45) is 10.9 Å². The molecule has 3 aromatic rings. The van der Waals surface area contributed by atoms with Gasteiger partial charge in [-0.25, -0.2) is 4.39 Å². The number of rotatable bonds is 6. The molecule has 7 nitrogen and oxygen atoms in total. The van der Waals surface area contributed by atoms with Gasteiger partial charge in [-0.2, -0.15) is 13.2 Å². The first-order chi connectivity index (χ1) is 16.7. The normalized spacial score (nSPS) is 20.6. The van der Waals surface area contributed by atoms with E-state index in [4.69, 9.17) is 0 Å². The molecule has 2 aromatic heterocycles. The van der Waals surface area contributed by atoms with Gasteiger partial charge in [0.15, 0.2) is 11.2 Å². The van der Waals surface area contributed by atoms with Gasteiger partial charge in [-0.05, 0) is 38.1 Å². The number of carbonyl (C=O) groups is 1. The second-order valence-electron chi connectivity index (χ2n) is 9.02. The number of hydrogen-bond acceptors (Lipinski definition) is 6. The monoisotopic (exact) mass is 508 g/mol. The molecule has 0 bridgehead atoms. The van der Waals surface area contributed by atoms with Crippen LogP contribution in [0.3, 0.4) is 0 Å². The molecule has 1 saturated carbocycles. The number of hydrogen-bond donors (Lipinski definition) is 1. The highest BCUT2D eigenvalue weighted by Gasteiger charge is 2.32. The molecule has 35 heavy (non-hydrogen) atoms. The van der Waals surface area contributed by atoms with Gasteiger partial charge in [-0.15, -0.1) is 10.2 Å². The minimum Gasteiger partial charge on any atom is -0.349 e. The summed E-state index contributed by atoms with van der Waals surface area (Å²) in [7, 11) is 1.83. The fourth-order valence-corrected chi connectivity index (χ4v) is 4.99. The Kier molecular flexibility index (Phi) is 6.34. The Morgan fingerprint density at radius 2 is 2.09 bits per heavy atom. The lowest BCUT2D eigenvalue weighted by Crippen LogP contribution is -2.39. The number of benzene rings is 1. The van der Waals surface area contributed by atoms with Gasteiger partial charge in [0.05, 0.1) is 29.2 Å². The molecule has 1 amide bonds. The van der Waals surface area contributed by atoms with E-state index in [1.807, 2.05) is 11.9 Å². The third-order valence-electron chi connectivity index (χ3n) is 6.16. The number of halogens is 4. The Hall–Kier alpha value is -2.86. The summed E-state index contributed by atoms with van der Waals surface area (Å²) in [6.45, 7) is -0.131. The molecule has 1 aliphatic carbocycles. The summed E-state index contributed by atoms with van der Waals surface area (Å²) in [5, 5.41) is 12.3. The number of alkyl halides is 4. The van der Waals surface area contributed by atoms with Crippen molar-refractivity contribution in [1.29, 1.82) is 0 Å². The number of aliphatic imine (C=N–C) groups is 1. The average Bonchev–Trinajstić information content (AvgIpc) is 3.44. The molecule has 1 aliphatic heterocycles. The topological polar surface area (TPSA) is 75.4 Å². The maximum absolute atomic E-state index is 14.6. The van der Waals surface area contributed by atoms with E-state index in [1.165, 1.54) is 0 Å². The summed E-state index contributed by atoms with van der Waals surface area (Å²) in [5.74, 6) is 0.00185. The number of amides is 1. The average molecular weight is 509 g/mol. The van der Waals surface area contributed by atoms with Crippen LogP contribution in [0.15, 0.2) is 29.3 Å². The first kappa shape index (κ1) is 23.9. The van der Waals surface area contributed by atoms with E-state index < -0.39 is 18.9 Å². The summed E-state index contributed by atoms with van der Waals surface area (Å²) in [4.78, 5) is 18.3. The highest BCUT2D eigenvalue weighted by Crippen LogP contribution is 2.37. The van der Waals surface area contributed by atoms with Gasteiger partial charge in [-0.3, -0.25) is 9.79 Å². The van der Waals surface area contributed by atoms with Crippen molar-refractivity contribution < 1.29 is 22.4 Å². The molecule has 0 radical (unpaired) electrons. The van der Waals surface area contributed by atoms with Gasteiger partial charge >= 0.3 is 6.18 Å². The van der Waals surface area contributed by atoms with Crippen LogP contribution >= 0.6 is 11.3 Å². The van der Waals surface area contributed by atoms with Crippen LogP contribution in [0.1, 0.15) is 24.3 Å². The Labute approximate surface area is 202 Å². The molecule has 0 unspecified atom stereocenters. The van der Waals surface area contributed by atoms with Crippen molar-refractivity contribution in [3.63, 3.8) is 0 Å².